The summed E-state index contributed by atoms with van der Waals surface area (Å²) < 4.78 is 40.1. The van der Waals surface area contributed by atoms with E-state index in [1.807, 2.05) is 0 Å². The van der Waals surface area contributed by atoms with Crippen molar-refractivity contribution in [2.75, 3.05) is 10.6 Å². The van der Waals surface area contributed by atoms with Crippen LogP contribution in [0, 0.1) is 0 Å². The lowest BCUT2D eigenvalue weighted by Crippen LogP contribution is -2.20. The monoisotopic (exact) mass is 296 g/mol. The second kappa shape index (κ2) is 6.17. The summed E-state index contributed by atoms with van der Waals surface area (Å²) in [5, 5.41) is 4.96. The van der Waals surface area contributed by atoms with Gasteiger partial charge in [0.1, 0.15) is 5.75 Å². The highest BCUT2D eigenvalue weighted by Crippen LogP contribution is 2.25. The fourth-order valence-corrected chi connectivity index (χ4v) is 1.59. The number of carbonyl (C=O) groups excluding carboxylic acids is 1. The Labute approximate surface area is 118 Å². The molecule has 0 unspecified atom stereocenters. The zero-order valence-corrected chi connectivity index (χ0v) is 10.6. The molecule has 0 saturated heterocycles. The van der Waals surface area contributed by atoms with Gasteiger partial charge in [0.15, 0.2) is 0 Å². The van der Waals surface area contributed by atoms with Gasteiger partial charge in [-0.25, -0.2) is 4.79 Å². The van der Waals surface area contributed by atoms with E-state index in [9.17, 15) is 18.0 Å². The SMILES string of the molecule is O=C(Nc1ccccc1)Nc1cccc(OC(F)(F)F)c1. The van der Waals surface area contributed by atoms with Crippen molar-refractivity contribution in [1.29, 1.82) is 0 Å². The van der Waals surface area contributed by atoms with Gasteiger partial charge in [0.2, 0.25) is 0 Å². The van der Waals surface area contributed by atoms with Crippen molar-refractivity contribution in [3.05, 3.63) is 54.6 Å². The molecular weight excluding hydrogens is 285 g/mol. The molecule has 7 heteroatoms. The number of amides is 2. The van der Waals surface area contributed by atoms with E-state index in [0.29, 0.717) is 5.69 Å². The number of urea groups is 1. The minimum absolute atomic E-state index is 0.185. The van der Waals surface area contributed by atoms with Crippen LogP contribution >= 0.6 is 0 Å². The summed E-state index contributed by atoms with van der Waals surface area (Å²) >= 11 is 0. The third kappa shape index (κ3) is 5.06. The van der Waals surface area contributed by atoms with E-state index in [2.05, 4.69) is 15.4 Å². The summed E-state index contributed by atoms with van der Waals surface area (Å²) in [6.45, 7) is 0. The summed E-state index contributed by atoms with van der Waals surface area (Å²) in [7, 11) is 0. The first-order chi connectivity index (χ1) is 9.92. The Bertz CT molecular complexity index is 615. The number of alkyl halides is 3. The lowest BCUT2D eigenvalue weighted by atomic mass is 10.3. The third-order valence-electron chi connectivity index (χ3n) is 2.36. The summed E-state index contributed by atoms with van der Waals surface area (Å²) in [6.07, 6.45) is -4.77. The largest absolute Gasteiger partial charge is 0.573 e. The molecule has 0 aliphatic carbocycles. The highest BCUT2D eigenvalue weighted by atomic mass is 19.4. The molecule has 0 bridgehead atoms. The second-order valence-corrected chi connectivity index (χ2v) is 4.02. The van der Waals surface area contributed by atoms with Crippen molar-refractivity contribution in [2.24, 2.45) is 0 Å². The Morgan fingerprint density at radius 3 is 2.19 bits per heavy atom. The fourth-order valence-electron chi connectivity index (χ4n) is 1.59. The van der Waals surface area contributed by atoms with Crippen LogP contribution in [0.5, 0.6) is 5.75 Å². The first-order valence-corrected chi connectivity index (χ1v) is 5.91. The number of rotatable bonds is 3. The maximum atomic E-state index is 12.1. The minimum Gasteiger partial charge on any atom is -0.406 e. The first-order valence-electron chi connectivity index (χ1n) is 5.91. The zero-order chi connectivity index (χ0) is 15.3. The highest BCUT2D eigenvalue weighted by molar-refractivity contribution is 5.99. The number of hydrogen-bond donors (Lipinski definition) is 2. The Kier molecular flexibility index (Phi) is 4.32. The minimum atomic E-state index is -4.77. The molecule has 2 N–H and O–H groups in total. The van der Waals surface area contributed by atoms with E-state index >= 15 is 0 Å². The van der Waals surface area contributed by atoms with Gasteiger partial charge in [-0.05, 0) is 24.3 Å². The molecule has 0 aliphatic heterocycles. The molecule has 110 valence electrons. The van der Waals surface area contributed by atoms with Crippen LogP contribution in [0.2, 0.25) is 0 Å². The van der Waals surface area contributed by atoms with Crippen LogP contribution in [-0.2, 0) is 0 Å². The highest BCUT2D eigenvalue weighted by Gasteiger charge is 2.31. The molecule has 21 heavy (non-hydrogen) atoms. The second-order valence-electron chi connectivity index (χ2n) is 4.02. The van der Waals surface area contributed by atoms with Crippen LogP contribution in [0.25, 0.3) is 0 Å². The molecule has 0 spiro atoms. The number of hydrogen-bond acceptors (Lipinski definition) is 2. The Morgan fingerprint density at radius 2 is 1.52 bits per heavy atom. The number of nitrogens with one attached hydrogen (secondary N) is 2. The molecule has 0 heterocycles. The molecular formula is C14H11F3N2O2. The summed E-state index contributed by atoms with van der Waals surface area (Å²) in [5.74, 6) is -0.403. The lowest BCUT2D eigenvalue weighted by Gasteiger charge is -2.11. The first kappa shape index (κ1) is 14.7. The van der Waals surface area contributed by atoms with Crippen LogP contribution in [0.3, 0.4) is 0 Å². The number of para-hydroxylation sites is 1. The van der Waals surface area contributed by atoms with Gasteiger partial charge in [-0.1, -0.05) is 24.3 Å². The maximum absolute atomic E-state index is 12.1. The lowest BCUT2D eigenvalue weighted by molar-refractivity contribution is -0.274. The Morgan fingerprint density at radius 1 is 0.905 bits per heavy atom. The van der Waals surface area contributed by atoms with Gasteiger partial charge in [0.25, 0.3) is 0 Å². The normalized spacial score (nSPS) is 10.8. The number of benzene rings is 2. The number of anilines is 2. The zero-order valence-electron chi connectivity index (χ0n) is 10.6. The standard InChI is InChI=1S/C14H11F3N2O2/c15-14(16,17)21-12-8-4-7-11(9-12)19-13(20)18-10-5-2-1-3-6-10/h1-9H,(H2,18,19,20). The molecule has 0 atom stereocenters. The molecule has 0 fully saturated rings. The molecule has 0 aromatic heterocycles. The van der Waals surface area contributed by atoms with Gasteiger partial charge >= 0.3 is 12.4 Å². The van der Waals surface area contributed by atoms with Crippen LogP contribution < -0.4 is 15.4 Å². The van der Waals surface area contributed by atoms with Crippen molar-refractivity contribution in [2.45, 2.75) is 6.36 Å². The van der Waals surface area contributed by atoms with E-state index in [-0.39, 0.29) is 5.69 Å². The summed E-state index contributed by atoms with van der Waals surface area (Å²) in [6, 6.07) is 13.1. The molecule has 0 aliphatic rings. The van der Waals surface area contributed by atoms with Crippen LogP contribution in [-0.4, -0.2) is 12.4 Å². The Balaban J connectivity index is 1.99. The van der Waals surface area contributed by atoms with Crippen molar-refractivity contribution < 1.29 is 22.7 Å². The molecule has 0 radical (unpaired) electrons. The van der Waals surface area contributed by atoms with E-state index < -0.39 is 18.1 Å². The van der Waals surface area contributed by atoms with Crippen molar-refractivity contribution >= 4 is 17.4 Å². The van der Waals surface area contributed by atoms with Gasteiger partial charge in [-0.15, -0.1) is 13.2 Å². The molecule has 0 saturated carbocycles. The fraction of sp³-hybridized carbons (Fsp3) is 0.0714. The maximum Gasteiger partial charge on any atom is 0.573 e. The van der Waals surface area contributed by atoms with E-state index in [0.717, 1.165) is 12.1 Å². The van der Waals surface area contributed by atoms with E-state index in [1.54, 1.807) is 30.3 Å². The third-order valence-corrected chi connectivity index (χ3v) is 2.36. The van der Waals surface area contributed by atoms with Crippen LogP contribution in [0.4, 0.5) is 29.3 Å². The molecule has 2 aromatic carbocycles. The van der Waals surface area contributed by atoms with E-state index in [4.69, 9.17) is 0 Å². The van der Waals surface area contributed by atoms with Crippen molar-refractivity contribution in [3.63, 3.8) is 0 Å². The van der Waals surface area contributed by atoms with Gasteiger partial charge < -0.3 is 15.4 Å². The predicted molar refractivity (Wildman–Crippen MR) is 72.2 cm³/mol. The van der Waals surface area contributed by atoms with Crippen molar-refractivity contribution in [3.8, 4) is 5.75 Å². The van der Waals surface area contributed by atoms with Gasteiger partial charge in [-0.2, -0.15) is 0 Å². The van der Waals surface area contributed by atoms with Crippen LogP contribution in [0.15, 0.2) is 54.6 Å². The summed E-state index contributed by atoms with van der Waals surface area (Å²) in [5.41, 5.74) is 0.753. The van der Waals surface area contributed by atoms with Crippen molar-refractivity contribution in [1.82, 2.24) is 0 Å². The predicted octanol–water partition coefficient (Wildman–Crippen LogP) is 4.23. The van der Waals surface area contributed by atoms with E-state index in [1.165, 1.54) is 12.1 Å². The van der Waals surface area contributed by atoms with Gasteiger partial charge in [-0.3, -0.25) is 0 Å². The molecule has 2 aromatic rings. The quantitative estimate of drug-likeness (QED) is 0.890. The molecule has 2 amide bonds. The van der Waals surface area contributed by atoms with Gasteiger partial charge in [0.05, 0.1) is 0 Å². The number of carbonyl (C=O) groups is 1. The topological polar surface area (TPSA) is 50.4 Å². The number of halogens is 3. The molecule has 4 nitrogen and oxygen atoms in total. The smallest absolute Gasteiger partial charge is 0.406 e. The molecule has 2 rings (SSSR count). The Hall–Kier alpha value is -2.70. The van der Waals surface area contributed by atoms with Crippen LogP contribution in [0.1, 0.15) is 0 Å². The van der Waals surface area contributed by atoms with Gasteiger partial charge in [0, 0.05) is 17.4 Å². The summed E-state index contributed by atoms with van der Waals surface area (Å²) in [4.78, 5) is 11.7. The average molecular weight is 296 g/mol. The number of ether oxygens (including phenoxy) is 1. The average Bonchev–Trinajstić information content (AvgIpc) is 2.38.